The van der Waals surface area contributed by atoms with Crippen LogP contribution in [-0.4, -0.2) is 45.8 Å². The van der Waals surface area contributed by atoms with E-state index in [0.29, 0.717) is 24.1 Å². The van der Waals surface area contributed by atoms with E-state index in [0.717, 1.165) is 12.8 Å². The predicted molar refractivity (Wildman–Crippen MR) is 78.5 cm³/mol. The van der Waals surface area contributed by atoms with E-state index < -0.39 is 5.60 Å². The first-order valence-electron chi connectivity index (χ1n) is 6.95. The molecule has 0 unspecified atom stereocenters. The topological polar surface area (TPSA) is 64.5 Å². The number of aromatic nitrogens is 2. The number of rotatable bonds is 2. The van der Waals surface area contributed by atoms with Gasteiger partial charge in [0.1, 0.15) is 16.9 Å². The van der Waals surface area contributed by atoms with Crippen molar-refractivity contribution in [1.82, 2.24) is 14.9 Å². The number of ether oxygens (including phenoxy) is 2. The van der Waals surface area contributed by atoms with Crippen LogP contribution in [0.2, 0.25) is 5.15 Å². The maximum atomic E-state index is 11.9. The quantitative estimate of drug-likeness (QED) is 0.840. The second-order valence-corrected chi connectivity index (χ2v) is 6.35. The Morgan fingerprint density at radius 2 is 1.95 bits per heavy atom. The first kappa shape index (κ1) is 15.8. The number of likely N-dealkylation sites (tertiary alicyclic amines) is 1. The lowest BCUT2D eigenvalue weighted by Gasteiger charge is -2.33. The fraction of sp³-hybridized carbons (Fsp3) is 0.643. The molecule has 1 saturated heterocycles. The number of hydrogen-bond donors (Lipinski definition) is 0. The largest absolute Gasteiger partial charge is 0.473 e. The zero-order valence-corrected chi connectivity index (χ0v) is 13.3. The lowest BCUT2D eigenvalue weighted by molar-refractivity contribution is 0.0122. The zero-order valence-electron chi connectivity index (χ0n) is 12.5. The smallest absolute Gasteiger partial charge is 0.410 e. The van der Waals surface area contributed by atoms with Gasteiger partial charge in [-0.25, -0.2) is 14.8 Å². The number of carbonyl (C=O) groups excluding carboxylic acids is 1. The molecule has 0 saturated carbocycles. The minimum atomic E-state index is -0.469. The van der Waals surface area contributed by atoms with Crippen LogP contribution in [0.1, 0.15) is 33.6 Å². The molecule has 0 N–H and O–H groups in total. The van der Waals surface area contributed by atoms with Crippen LogP contribution in [0.15, 0.2) is 12.4 Å². The van der Waals surface area contributed by atoms with Crippen molar-refractivity contribution in [3.8, 4) is 5.88 Å². The molecule has 0 aliphatic carbocycles. The van der Waals surface area contributed by atoms with E-state index >= 15 is 0 Å². The van der Waals surface area contributed by atoms with E-state index in [1.807, 2.05) is 20.8 Å². The van der Waals surface area contributed by atoms with Crippen LogP contribution < -0.4 is 4.74 Å². The molecule has 2 rings (SSSR count). The molecule has 0 atom stereocenters. The normalized spacial score (nSPS) is 16.7. The summed E-state index contributed by atoms with van der Waals surface area (Å²) >= 11 is 5.67. The van der Waals surface area contributed by atoms with E-state index in [1.54, 1.807) is 4.90 Å². The van der Waals surface area contributed by atoms with Gasteiger partial charge in [-0.15, -0.1) is 0 Å². The van der Waals surface area contributed by atoms with E-state index in [4.69, 9.17) is 21.1 Å². The summed E-state index contributed by atoms with van der Waals surface area (Å²) in [6.45, 7) is 6.81. The highest BCUT2D eigenvalue weighted by Crippen LogP contribution is 2.19. The fourth-order valence-electron chi connectivity index (χ4n) is 2.01. The first-order chi connectivity index (χ1) is 9.83. The van der Waals surface area contributed by atoms with Crippen LogP contribution in [-0.2, 0) is 4.74 Å². The second-order valence-electron chi connectivity index (χ2n) is 5.96. The van der Waals surface area contributed by atoms with Crippen molar-refractivity contribution in [2.45, 2.75) is 45.3 Å². The van der Waals surface area contributed by atoms with Crippen LogP contribution in [0.5, 0.6) is 5.88 Å². The van der Waals surface area contributed by atoms with Gasteiger partial charge in [0.2, 0.25) is 5.88 Å². The van der Waals surface area contributed by atoms with E-state index in [-0.39, 0.29) is 12.2 Å². The van der Waals surface area contributed by atoms with Crippen LogP contribution >= 0.6 is 11.6 Å². The van der Waals surface area contributed by atoms with Gasteiger partial charge < -0.3 is 14.4 Å². The standard InChI is InChI=1S/C14H20ClN3O3/c1-14(2,3)21-13(19)18-6-4-10(5-7-18)20-12-9-16-11(15)8-17-12/h8-10H,4-7H2,1-3H3. The minimum Gasteiger partial charge on any atom is -0.473 e. The summed E-state index contributed by atoms with van der Waals surface area (Å²) in [6, 6.07) is 0. The number of piperidine rings is 1. The second kappa shape index (κ2) is 6.47. The summed E-state index contributed by atoms with van der Waals surface area (Å²) in [7, 11) is 0. The maximum Gasteiger partial charge on any atom is 0.410 e. The van der Waals surface area contributed by atoms with Gasteiger partial charge in [0, 0.05) is 25.9 Å². The third-order valence-corrected chi connectivity index (χ3v) is 3.17. The molecule has 7 heteroatoms. The van der Waals surface area contributed by atoms with E-state index in [1.165, 1.54) is 12.4 Å². The molecule has 21 heavy (non-hydrogen) atoms. The highest BCUT2D eigenvalue weighted by Gasteiger charge is 2.27. The van der Waals surface area contributed by atoms with Crippen molar-refractivity contribution in [3.05, 3.63) is 17.5 Å². The molecule has 0 aromatic carbocycles. The molecule has 1 fully saturated rings. The molecule has 1 aliphatic rings. The van der Waals surface area contributed by atoms with Gasteiger partial charge in [0.25, 0.3) is 0 Å². The van der Waals surface area contributed by atoms with Crippen LogP contribution in [0.3, 0.4) is 0 Å². The van der Waals surface area contributed by atoms with Gasteiger partial charge in [-0.1, -0.05) is 11.6 Å². The van der Waals surface area contributed by atoms with E-state index in [2.05, 4.69) is 9.97 Å². The van der Waals surface area contributed by atoms with Gasteiger partial charge in [-0.2, -0.15) is 0 Å². The molecule has 0 bridgehead atoms. The molecule has 1 aromatic heterocycles. The van der Waals surface area contributed by atoms with Crippen LogP contribution in [0.25, 0.3) is 0 Å². The molecule has 2 heterocycles. The summed E-state index contributed by atoms with van der Waals surface area (Å²) < 4.78 is 11.1. The number of carbonyl (C=O) groups is 1. The Morgan fingerprint density at radius 1 is 1.29 bits per heavy atom. The molecule has 0 spiro atoms. The van der Waals surface area contributed by atoms with Crippen LogP contribution in [0, 0.1) is 0 Å². The Bertz CT molecular complexity index is 479. The van der Waals surface area contributed by atoms with E-state index in [9.17, 15) is 4.79 Å². The number of amides is 1. The monoisotopic (exact) mass is 313 g/mol. The molecular formula is C14H20ClN3O3. The van der Waals surface area contributed by atoms with Gasteiger partial charge in [0.15, 0.2) is 0 Å². The molecular weight excluding hydrogens is 294 g/mol. The van der Waals surface area contributed by atoms with Crippen molar-refractivity contribution in [1.29, 1.82) is 0 Å². The number of halogens is 1. The Labute approximate surface area is 129 Å². The summed E-state index contributed by atoms with van der Waals surface area (Å²) in [5.41, 5.74) is -0.469. The lowest BCUT2D eigenvalue weighted by Crippen LogP contribution is -2.44. The molecule has 116 valence electrons. The average molecular weight is 314 g/mol. The fourth-order valence-corrected chi connectivity index (χ4v) is 2.11. The molecule has 1 aliphatic heterocycles. The van der Waals surface area contributed by atoms with Crippen molar-refractivity contribution in [2.75, 3.05) is 13.1 Å². The Kier molecular flexibility index (Phi) is 4.88. The van der Waals surface area contributed by atoms with Gasteiger partial charge in [-0.05, 0) is 20.8 Å². The van der Waals surface area contributed by atoms with Crippen molar-refractivity contribution in [3.63, 3.8) is 0 Å². The summed E-state index contributed by atoms with van der Waals surface area (Å²) in [6.07, 6.45) is 4.19. The lowest BCUT2D eigenvalue weighted by atomic mass is 10.1. The highest BCUT2D eigenvalue weighted by atomic mass is 35.5. The highest BCUT2D eigenvalue weighted by molar-refractivity contribution is 6.29. The zero-order chi connectivity index (χ0) is 15.5. The van der Waals surface area contributed by atoms with Crippen molar-refractivity contribution in [2.24, 2.45) is 0 Å². The van der Waals surface area contributed by atoms with Gasteiger partial charge in [0.05, 0.1) is 12.4 Å². The first-order valence-corrected chi connectivity index (χ1v) is 7.33. The number of nitrogens with zero attached hydrogens (tertiary/aromatic N) is 3. The SMILES string of the molecule is CC(C)(C)OC(=O)N1CCC(Oc2cnc(Cl)cn2)CC1. The van der Waals surface area contributed by atoms with Crippen LogP contribution in [0.4, 0.5) is 4.79 Å². The molecule has 6 nitrogen and oxygen atoms in total. The summed E-state index contributed by atoms with van der Waals surface area (Å²) in [5.74, 6) is 0.454. The Morgan fingerprint density at radius 3 is 2.48 bits per heavy atom. The Hall–Kier alpha value is -1.56. The molecule has 1 aromatic rings. The minimum absolute atomic E-state index is 0.0270. The summed E-state index contributed by atoms with van der Waals surface area (Å²) in [5, 5.41) is 0.335. The molecule has 1 amide bonds. The summed E-state index contributed by atoms with van der Waals surface area (Å²) in [4.78, 5) is 21.6. The third-order valence-electron chi connectivity index (χ3n) is 2.98. The van der Waals surface area contributed by atoms with Crippen molar-refractivity contribution < 1.29 is 14.3 Å². The Balaban J connectivity index is 1.80. The van der Waals surface area contributed by atoms with Crippen molar-refractivity contribution >= 4 is 17.7 Å². The third kappa shape index (κ3) is 5.04. The molecule has 0 radical (unpaired) electrons. The number of hydrogen-bond acceptors (Lipinski definition) is 5. The van der Waals surface area contributed by atoms with Gasteiger partial charge >= 0.3 is 6.09 Å². The average Bonchev–Trinajstić information content (AvgIpc) is 2.40. The van der Waals surface area contributed by atoms with Gasteiger partial charge in [-0.3, -0.25) is 0 Å². The predicted octanol–water partition coefficient (Wildman–Crippen LogP) is 2.91. The maximum absolute atomic E-state index is 11.9.